The summed E-state index contributed by atoms with van der Waals surface area (Å²) in [6.45, 7) is 2.77. The van der Waals surface area contributed by atoms with Gasteiger partial charge < -0.3 is 10.1 Å². The fourth-order valence-electron chi connectivity index (χ4n) is 2.26. The summed E-state index contributed by atoms with van der Waals surface area (Å²) in [4.78, 5) is 0. The molecular formula is C16H17N3O. The number of anilines is 1. The van der Waals surface area contributed by atoms with Gasteiger partial charge in [0.1, 0.15) is 5.75 Å². The van der Waals surface area contributed by atoms with Crippen molar-refractivity contribution < 1.29 is 4.74 Å². The van der Waals surface area contributed by atoms with Gasteiger partial charge in [0, 0.05) is 18.3 Å². The van der Waals surface area contributed by atoms with E-state index in [4.69, 9.17) is 4.74 Å². The second-order valence-electron chi connectivity index (χ2n) is 4.76. The maximum Gasteiger partial charge on any atom is 0.142 e. The number of hydrogen-bond acceptors (Lipinski definition) is 3. The summed E-state index contributed by atoms with van der Waals surface area (Å²) in [6.07, 6.45) is 3.84. The minimum absolute atomic E-state index is 0.715. The lowest BCUT2D eigenvalue weighted by Crippen LogP contribution is -2.01. The number of ether oxygens (including phenoxy) is 1. The lowest BCUT2D eigenvalue weighted by molar-refractivity contribution is 0.416. The average Bonchev–Trinajstić information content (AvgIpc) is 2.89. The third-order valence-electron chi connectivity index (χ3n) is 3.33. The predicted octanol–water partition coefficient (Wildman–Crippen LogP) is 3.26. The van der Waals surface area contributed by atoms with Crippen LogP contribution in [0.25, 0.3) is 5.52 Å². The average molecular weight is 267 g/mol. The van der Waals surface area contributed by atoms with E-state index in [0.29, 0.717) is 6.54 Å². The number of methoxy groups -OCH3 is 1. The molecule has 0 fully saturated rings. The van der Waals surface area contributed by atoms with Crippen molar-refractivity contribution in [2.45, 2.75) is 13.5 Å². The Morgan fingerprint density at radius 1 is 1.25 bits per heavy atom. The largest absolute Gasteiger partial charge is 0.495 e. The highest BCUT2D eigenvalue weighted by Gasteiger charge is 2.06. The van der Waals surface area contributed by atoms with Crippen LogP contribution < -0.4 is 10.1 Å². The molecule has 3 aromatic rings. The van der Waals surface area contributed by atoms with Crippen LogP contribution in [-0.4, -0.2) is 16.7 Å². The van der Waals surface area contributed by atoms with Gasteiger partial charge in [0.05, 0.1) is 24.5 Å². The molecule has 0 saturated heterocycles. The topological polar surface area (TPSA) is 38.6 Å². The summed E-state index contributed by atoms with van der Waals surface area (Å²) >= 11 is 0. The molecule has 2 aromatic heterocycles. The third kappa shape index (κ3) is 2.32. The van der Waals surface area contributed by atoms with Crippen LogP contribution in [-0.2, 0) is 6.54 Å². The number of fused-ring (bicyclic) bond motifs is 1. The number of nitrogens with one attached hydrogen (secondary N) is 1. The molecule has 2 heterocycles. The molecule has 0 amide bonds. The van der Waals surface area contributed by atoms with Crippen molar-refractivity contribution in [3.63, 3.8) is 0 Å². The van der Waals surface area contributed by atoms with Gasteiger partial charge in [-0.25, -0.2) is 4.52 Å². The third-order valence-corrected chi connectivity index (χ3v) is 3.33. The quantitative estimate of drug-likeness (QED) is 0.788. The van der Waals surface area contributed by atoms with Crippen molar-refractivity contribution in [2.24, 2.45) is 0 Å². The molecule has 3 rings (SSSR count). The zero-order valence-corrected chi connectivity index (χ0v) is 11.6. The van der Waals surface area contributed by atoms with Crippen LogP contribution >= 0.6 is 0 Å². The van der Waals surface area contributed by atoms with Crippen molar-refractivity contribution in [1.82, 2.24) is 9.61 Å². The number of aryl methyl sites for hydroxylation is 1. The minimum atomic E-state index is 0.715. The normalized spacial score (nSPS) is 10.7. The minimum Gasteiger partial charge on any atom is -0.495 e. The molecule has 0 aliphatic carbocycles. The standard InChI is InChI=1S/C16H17N3O/c1-12-6-7-14(16(9-12)20-2)17-10-13-11-18-19-8-4-3-5-15(13)19/h3-9,11,17H,10H2,1-2H3. The summed E-state index contributed by atoms with van der Waals surface area (Å²) in [6, 6.07) is 12.2. The first-order valence-corrected chi connectivity index (χ1v) is 6.57. The lowest BCUT2D eigenvalue weighted by atomic mass is 10.2. The Hall–Kier alpha value is -2.49. The number of aromatic nitrogens is 2. The number of hydrogen-bond donors (Lipinski definition) is 1. The van der Waals surface area contributed by atoms with Crippen molar-refractivity contribution in [1.29, 1.82) is 0 Å². The maximum atomic E-state index is 5.40. The Morgan fingerprint density at radius 2 is 2.15 bits per heavy atom. The van der Waals surface area contributed by atoms with Crippen molar-refractivity contribution >= 4 is 11.2 Å². The van der Waals surface area contributed by atoms with Gasteiger partial charge >= 0.3 is 0 Å². The molecule has 0 aliphatic rings. The molecular weight excluding hydrogens is 250 g/mol. The van der Waals surface area contributed by atoms with E-state index in [1.807, 2.05) is 41.2 Å². The van der Waals surface area contributed by atoms with E-state index in [1.165, 1.54) is 5.56 Å². The molecule has 102 valence electrons. The Kier molecular flexibility index (Phi) is 3.29. The number of pyridine rings is 1. The molecule has 0 atom stereocenters. The van der Waals surface area contributed by atoms with Gasteiger partial charge in [0.2, 0.25) is 0 Å². The van der Waals surface area contributed by atoms with Gasteiger partial charge in [-0.2, -0.15) is 5.10 Å². The van der Waals surface area contributed by atoms with Crippen LogP contribution in [0.1, 0.15) is 11.1 Å². The number of rotatable bonds is 4. The highest BCUT2D eigenvalue weighted by atomic mass is 16.5. The fraction of sp³-hybridized carbons (Fsp3) is 0.188. The fourth-order valence-corrected chi connectivity index (χ4v) is 2.26. The van der Waals surface area contributed by atoms with Crippen LogP contribution in [0.15, 0.2) is 48.8 Å². The van der Waals surface area contributed by atoms with Crippen molar-refractivity contribution in [3.8, 4) is 5.75 Å². The molecule has 0 saturated carbocycles. The van der Waals surface area contributed by atoms with Crippen LogP contribution in [0.4, 0.5) is 5.69 Å². The van der Waals surface area contributed by atoms with E-state index < -0.39 is 0 Å². The predicted molar refractivity (Wildman–Crippen MR) is 80.2 cm³/mol. The van der Waals surface area contributed by atoms with Gasteiger partial charge in [0.25, 0.3) is 0 Å². The summed E-state index contributed by atoms with van der Waals surface area (Å²) in [7, 11) is 1.69. The highest BCUT2D eigenvalue weighted by Crippen LogP contribution is 2.26. The summed E-state index contributed by atoms with van der Waals surface area (Å²) in [5.74, 6) is 0.862. The molecule has 1 N–H and O–H groups in total. The first-order valence-electron chi connectivity index (χ1n) is 6.57. The van der Waals surface area contributed by atoms with Crippen LogP contribution in [0.3, 0.4) is 0 Å². The Bertz CT molecular complexity index is 733. The maximum absolute atomic E-state index is 5.40. The summed E-state index contributed by atoms with van der Waals surface area (Å²) in [5.41, 5.74) is 4.45. The SMILES string of the molecule is COc1cc(C)ccc1NCc1cnn2ccccc12. The van der Waals surface area contributed by atoms with Gasteiger partial charge in [-0.05, 0) is 36.8 Å². The molecule has 0 radical (unpaired) electrons. The van der Waals surface area contributed by atoms with Gasteiger partial charge in [-0.1, -0.05) is 12.1 Å². The first-order chi connectivity index (χ1) is 9.78. The monoisotopic (exact) mass is 267 g/mol. The van der Waals surface area contributed by atoms with Crippen LogP contribution in [0, 0.1) is 6.92 Å². The van der Waals surface area contributed by atoms with Gasteiger partial charge in [0.15, 0.2) is 0 Å². The molecule has 20 heavy (non-hydrogen) atoms. The van der Waals surface area contributed by atoms with E-state index in [2.05, 4.69) is 29.5 Å². The molecule has 4 nitrogen and oxygen atoms in total. The van der Waals surface area contributed by atoms with Gasteiger partial charge in [-0.3, -0.25) is 0 Å². The van der Waals surface area contributed by atoms with Crippen molar-refractivity contribution in [2.75, 3.05) is 12.4 Å². The summed E-state index contributed by atoms with van der Waals surface area (Å²) < 4.78 is 7.28. The molecule has 0 unspecified atom stereocenters. The van der Waals surface area contributed by atoms with E-state index in [9.17, 15) is 0 Å². The first kappa shape index (κ1) is 12.5. The Balaban J connectivity index is 1.83. The zero-order chi connectivity index (χ0) is 13.9. The van der Waals surface area contributed by atoms with Gasteiger partial charge in [-0.15, -0.1) is 0 Å². The van der Waals surface area contributed by atoms with Crippen molar-refractivity contribution in [3.05, 3.63) is 59.9 Å². The number of nitrogens with zero attached hydrogens (tertiary/aromatic N) is 2. The molecule has 0 spiro atoms. The Morgan fingerprint density at radius 3 is 3.00 bits per heavy atom. The van der Waals surface area contributed by atoms with Crippen LogP contribution in [0.2, 0.25) is 0 Å². The van der Waals surface area contributed by atoms with E-state index in [0.717, 1.165) is 22.5 Å². The molecule has 4 heteroatoms. The van der Waals surface area contributed by atoms with Crippen LogP contribution in [0.5, 0.6) is 5.75 Å². The second-order valence-corrected chi connectivity index (χ2v) is 4.76. The molecule has 0 aliphatic heterocycles. The molecule has 1 aromatic carbocycles. The van der Waals surface area contributed by atoms with E-state index >= 15 is 0 Å². The highest BCUT2D eigenvalue weighted by molar-refractivity contribution is 5.60. The lowest BCUT2D eigenvalue weighted by Gasteiger charge is -2.11. The second kappa shape index (κ2) is 5.25. The zero-order valence-electron chi connectivity index (χ0n) is 11.6. The smallest absolute Gasteiger partial charge is 0.142 e. The van der Waals surface area contributed by atoms with E-state index in [1.54, 1.807) is 7.11 Å². The van der Waals surface area contributed by atoms with E-state index in [-0.39, 0.29) is 0 Å². The summed E-state index contributed by atoms with van der Waals surface area (Å²) in [5, 5.41) is 7.74. The Labute approximate surface area is 118 Å². The number of benzene rings is 1. The molecule has 0 bridgehead atoms.